The molecule has 1 fully saturated rings. The third-order valence-corrected chi connectivity index (χ3v) is 2.02. The predicted octanol–water partition coefficient (Wildman–Crippen LogP) is 1.40. The van der Waals surface area contributed by atoms with Gasteiger partial charge in [0.1, 0.15) is 17.5 Å². The van der Waals surface area contributed by atoms with Crippen molar-refractivity contribution in [2.75, 3.05) is 17.7 Å². The maximum atomic E-state index is 4.30. The molecule has 0 unspecified atom stereocenters. The van der Waals surface area contributed by atoms with Gasteiger partial charge in [-0.1, -0.05) is 0 Å². The summed E-state index contributed by atoms with van der Waals surface area (Å²) in [5, 5.41) is 6.35. The van der Waals surface area contributed by atoms with Crippen LogP contribution in [0.4, 0.5) is 11.6 Å². The number of aryl methyl sites for hydroxylation is 1. The van der Waals surface area contributed by atoms with Crippen LogP contribution in [0.25, 0.3) is 0 Å². The Morgan fingerprint density at radius 1 is 1.31 bits per heavy atom. The van der Waals surface area contributed by atoms with Gasteiger partial charge in [-0.05, 0) is 19.8 Å². The Hall–Kier alpha value is -1.32. The number of nitrogens with one attached hydrogen (secondary N) is 2. The van der Waals surface area contributed by atoms with Crippen LogP contribution in [0, 0.1) is 6.92 Å². The molecule has 0 atom stereocenters. The Morgan fingerprint density at radius 2 is 2.00 bits per heavy atom. The monoisotopic (exact) mass is 178 g/mol. The lowest BCUT2D eigenvalue weighted by molar-refractivity contribution is 1.02. The second-order valence-electron chi connectivity index (χ2n) is 3.35. The summed E-state index contributed by atoms with van der Waals surface area (Å²) in [6, 6.07) is 2.57. The van der Waals surface area contributed by atoms with Crippen molar-refractivity contribution in [2.45, 2.75) is 25.8 Å². The molecule has 1 aliphatic carbocycles. The van der Waals surface area contributed by atoms with Crippen LogP contribution < -0.4 is 10.6 Å². The Labute approximate surface area is 77.8 Å². The normalized spacial score (nSPS) is 15.5. The van der Waals surface area contributed by atoms with Gasteiger partial charge in [-0.3, -0.25) is 0 Å². The zero-order valence-electron chi connectivity index (χ0n) is 7.96. The summed E-state index contributed by atoms with van der Waals surface area (Å²) in [5.74, 6) is 2.60. The lowest BCUT2D eigenvalue weighted by Gasteiger charge is -2.06. The maximum absolute atomic E-state index is 4.30. The number of hydrogen-bond acceptors (Lipinski definition) is 4. The van der Waals surface area contributed by atoms with E-state index in [1.54, 1.807) is 0 Å². The highest BCUT2D eigenvalue weighted by molar-refractivity contribution is 5.48. The van der Waals surface area contributed by atoms with E-state index in [0.29, 0.717) is 6.04 Å². The first-order valence-corrected chi connectivity index (χ1v) is 4.58. The van der Waals surface area contributed by atoms with Crippen LogP contribution in [-0.2, 0) is 0 Å². The van der Waals surface area contributed by atoms with E-state index in [9.17, 15) is 0 Å². The molecule has 0 aromatic carbocycles. The van der Waals surface area contributed by atoms with Crippen LogP contribution in [-0.4, -0.2) is 23.1 Å². The zero-order valence-corrected chi connectivity index (χ0v) is 7.96. The molecular formula is C9H14N4. The van der Waals surface area contributed by atoms with Gasteiger partial charge < -0.3 is 10.6 Å². The number of anilines is 2. The molecule has 0 amide bonds. The van der Waals surface area contributed by atoms with Crippen LogP contribution >= 0.6 is 0 Å². The number of nitrogens with zero attached hydrogens (tertiary/aromatic N) is 2. The molecule has 0 saturated heterocycles. The standard InChI is InChI=1S/C9H14N4/c1-6-11-8(10-2)5-9(12-6)13-7-3-4-7/h5,7H,3-4H2,1-2H3,(H2,10,11,12,13). The number of rotatable bonds is 3. The summed E-state index contributed by atoms with van der Waals surface area (Å²) < 4.78 is 0. The fourth-order valence-corrected chi connectivity index (χ4v) is 1.21. The van der Waals surface area contributed by atoms with Gasteiger partial charge in [0.05, 0.1) is 0 Å². The highest BCUT2D eigenvalue weighted by atomic mass is 15.1. The van der Waals surface area contributed by atoms with Gasteiger partial charge in [0.15, 0.2) is 0 Å². The van der Waals surface area contributed by atoms with E-state index >= 15 is 0 Å². The molecule has 2 rings (SSSR count). The van der Waals surface area contributed by atoms with Crippen LogP contribution in [0.2, 0.25) is 0 Å². The predicted molar refractivity (Wildman–Crippen MR) is 53.0 cm³/mol. The summed E-state index contributed by atoms with van der Waals surface area (Å²) in [4.78, 5) is 8.52. The number of hydrogen-bond donors (Lipinski definition) is 2. The van der Waals surface area contributed by atoms with Gasteiger partial charge in [-0.25, -0.2) is 9.97 Å². The average Bonchev–Trinajstić information content (AvgIpc) is 2.87. The summed E-state index contributed by atoms with van der Waals surface area (Å²) in [5.41, 5.74) is 0. The molecule has 0 radical (unpaired) electrons. The lowest BCUT2D eigenvalue weighted by atomic mass is 10.4. The lowest BCUT2D eigenvalue weighted by Crippen LogP contribution is -2.06. The van der Waals surface area contributed by atoms with Crippen molar-refractivity contribution < 1.29 is 0 Å². The Balaban J connectivity index is 2.17. The topological polar surface area (TPSA) is 49.8 Å². The third-order valence-electron chi connectivity index (χ3n) is 2.02. The third kappa shape index (κ3) is 2.08. The van der Waals surface area contributed by atoms with Gasteiger partial charge in [0.2, 0.25) is 0 Å². The number of aromatic nitrogens is 2. The Morgan fingerprint density at radius 3 is 2.62 bits per heavy atom. The maximum Gasteiger partial charge on any atom is 0.132 e. The minimum absolute atomic E-state index is 0.638. The summed E-state index contributed by atoms with van der Waals surface area (Å²) in [6.07, 6.45) is 2.52. The molecule has 13 heavy (non-hydrogen) atoms. The first-order valence-electron chi connectivity index (χ1n) is 4.58. The summed E-state index contributed by atoms with van der Waals surface area (Å²) in [6.45, 7) is 1.90. The van der Waals surface area contributed by atoms with Crippen LogP contribution in [0.3, 0.4) is 0 Å². The first-order chi connectivity index (χ1) is 6.28. The van der Waals surface area contributed by atoms with Gasteiger partial charge in [-0.15, -0.1) is 0 Å². The van der Waals surface area contributed by atoms with Gasteiger partial charge in [0.25, 0.3) is 0 Å². The highest BCUT2D eigenvalue weighted by Crippen LogP contribution is 2.24. The van der Waals surface area contributed by atoms with E-state index < -0.39 is 0 Å². The molecule has 1 aromatic heterocycles. The molecule has 4 heteroatoms. The van der Waals surface area contributed by atoms with E-state index in [4.69, 9.17) is 0 Å². The van der Waals surface area contributed by atoms with Crippen molar-refractivity contribution >= 4 is 11.6 Å². The first kappa shape index (κ1) is 8.29. The van der Waals surface area contributed by atoms with E-state index in [-0.39, 0.29) is 0 Å². The molecular weight excluding hydrogens is 164 g/mol. The van der Waals surface area contributed by atoms with Gasteiger partial charge in [0, 0.05) is 19.2 Å². The van der Waals surface area contributed by atoms with E-state index in [1.165, 1.54) is 12.8 Å². The van der Waals surface area contributed by atoms with Crippen molar-refractivity contribution in [3.63, 3.8) is 0 Å². The molecule has 1 heterocycles. The largest absolute Gasteiger partial charge is 0.373 e. The van der Waals surface area contributed by atoms with Crippen molar-refractivity contribution in [1.29, 1.82) is 0 Å². The fourth-order valence-electron chi connectivity index (χ4n) is 1.21. The molecule has 2 N–H and O–H groups in total. The SMILES string of the molecule is CNc1cc(NC2CC2)nc(C)n1. The minimum atomic E-state index is 0.638. The molecule has 70 valence electrons. The van der Waals surface area contributed by atoms with Crippen molar-refractivity contribution in [1.82, 2.24) is 9.97 Å². The van der Waals surface area contributed by atoms with Gasteiger partial charge >= 0.3 is 0 Å². The Kier molecular flexibility index (Phi) is 2.04. The fraction of sp³-hybridized carbons (Fsp3) is 0.556. The highest BCUT2D eigenvalue weighted by Gasteiger charge is 2.21. The van der Waals surface area contributed by atoms with Crippen LogP contribution in [0.15, 0.2) is 6.07 Å². The smallest absolute Gasteiger partial charge is 0.132 e. The molecule has 1 aromatic rings. The van der Waals surface area contributed by atoms with E-state index in [0.717, 1.165) is 17.5 Å². The van der Waals surface area contributed by atoms with Gasteiger partial charge in [-0.2, -0.15) is 0 Å². The molecule has 0 bridgehead atoms. The molecule has 0 aliphatic heterocycles. The van der Waals surface area contributed by atoms with Crippen LogP contribution in [0.5, 0.6) is 0 Å². The summed E-state index contributed by atoms with van der Waals surface area (Å²) in [7, 11) is 1.86. The zero-order chi connectivity index (χ0) is 9.26. The average molecular weight is 178 g/mol. The summed E-state index contributed by atoms with van der Waals surface area (Å²) >= 11 is 0. The van der Waals surface area contributed by atoms with E-state index in [2.05, 4.69) is 20.6 Å². The minimum Gasteiger partial charge on any atom is -0.373 e. The molecule has 4 nitrogen and oxygen atoms in total. The molecule has 1 aliphatic rings. The van der Waals surface area contributed by atoms with E-state index in [1.807, 2.05) is 20.0 Å². The Bertz CT molecular complexity index is 306. The van der Waals surface area contributed by atoms with Crippen LogP contribution in [0.1, 0.15) is 18.7 Å². The quantitative estimate of drug-likeness (QED) is 0.734. The molecule has 0 spiro atoms. The molecule has 1 saturated carbocycles. The second kappa shape index (κ2) is 3.20. The van der Waals surface area contributed by atoms with Crippen molar-refractivity contribution in [2.24, 2.45) is 0 Å². The van der Waals surface area contributed by atoms with Crippen molar-refractivity contribution in [3.8, 4) is 0 Å². The van der Waals surface area contributed by atoms with Crippen molar-refractivity contribution in [3.05, 3.63) is 11.9 Å². The second-order valence-corrected chi connectivity index (χ2v) is 3.35.